The molecule has 18 rings (SSSR count). The second-order valence-corrected chi connectivity index (χ2v) is 26.0. The first-order chi connectivity index (χ1) is 35.6. The van der Waals surface area contributed by atoms with Gasteiger partial charge in [0.1, 0.15) is 0 Å². The molecule has 0 fully saturated rings. The van der Waals surface area contributed by atoms with Gasteiger partial charge in [-0.25, -0.2) is 0 Å². The molecule has 2 atom stereocenters. The van der Waals surface area contributed by atoms with Crippen molar-refractivity contribution >= 4 is 108 Å². The number of rotatable bonds is 3. The van der Waals surface area contributed by atoms with E-state index in [2.05, 4.69) is 205 Å². The van der Waals surface area contributed by atoms with Crippen molar-refractivity contribution < 1.29 is 0 Å². The molecule has 72 heavy (non-hydrogen) atoms. The summed E-state index contributed by atoms with van der Waals surface area (Å²) in [5.41, 5.74) is 21.4. The monoisotopic (exact) mass is 1020 g/mol. The number of benzene rings is 8. The van der Waals surface area contributed by atoms with Gasteiger partial charge in [-0.05, 0) is 218 Å². The first-order valence-corrected chi connectivity index (χ1v) is 29.4. The van der Waals surface area contributed by atoms with Crippen molar-refractivity contribution in [2.75, 3.05) is 0 Å². The molecule has 0 bridgehead atoms. The molecule has 2 unspecified atom stereocenters. The summed E-state index contributed by atoms with van der Waals surface area (Å²) in [6, 6.07) is 75.5. The fourth-order valence-electron chi connectivity index (χ4n) is 13.7. The third-order valence-corrected chi connectivity index (χ3v) is 23.3. The predicted molar refractivity (Wildman–Crippen MR) is 313 cm³/mol. The van der Waals surface area contributed by atoms with Crippen LogP contribution in [0.2, 0.25) is 0 Å². The zero-order valence-electron chi connectivity index (χ0n) is 38.1. The smallest absolute Gasteiger partial charge is 0.0726 e. The summed E-state index contributed by atoms with van der Waals surface area (Å²) in [7, 11) is 0. The Balaban J connectivity index is 0.719. The van der Waals surface area contributed by atoms with Gasteiger partial charge in [0.05, 0.1) is 10.8 Å². The second-order valence-electron chi connectivity index (χ2n) is 19.8. The number of hydrogen-bond acceptors (Lipinski definition) is 6. The normalized spacial score (nSPS) is 17.3. The van der Waals surface area contributed by atoms with E-state index in [-0.39, 0.29) is 10.8 Å². The molecule has 14 aromatic rings. The van der Waals surface area contributed by atoms with Crippen LogP contribution in [0, 0.1) is 0 Å². The SMILES string of the molecule is c1ccc2c(c1)-c1cc3ccsc3cc1C21c2ccccc2-c2cc3cc(-c4ccc(-c5ccc(-c6cc7cc8c(cc7s6)C6(c7ccccc7-c7cc9ccsc9cc76)c6ccccc6-8)s5)s4)sc3cc21. The van der Waals surface area contributed by atoms with Gasteiger partial charge in [-0.1, -0.05) is 97.1 Å². The average Bonchev–Trinajstić information content (AvgIpc) is 4.29. The van der Waals surface area contributed by atoms with Crippen LogP contribution in [0.5, 0.6) is 0 Å². The summed E-state index contributed by atoms with van der Waals surface area (Å²) in [5, 5.41) is 9.77. The molecule has 4 aliphatic rings. The lowest BCUT2D eigenvalue weighted by molar-refractivity contribution is 0.796. The predicted octanol–water partition coefficient (Wildman–Crippen LogP) is 20.4. The highest BCUT2D eigenvalue weighted by Crippen LogP contribution is 2.66. The van der Waals surface area contributed by atoms with Crippen molar-refractivity contribution in [2.24, 2.45) is 0 Å². The Hall–Kier alpha value is -7.00. The van der Waals surface area contributed by atoms with E-state index in [9.17, 15) is 0 Å². The average molecular weight is 1020 g/mol. The van der Waals surface area contributed by atoms with Gasteiger partial charge in [-0.3, -0.25) is 0 Å². The van der Waals surface area contributed by atoms with Gasteiger partial charge in [0.2, 0.25) is 0 Å². The summed E-state index contributed by atoms with van der Waals surface area (Å²) in [5.74, 6) is 0. The van der Waals surface area contributed by atoms with E-state index >= 15 is 0 Å². The first kappa shape index (κ1) is 39.6. The van der Waals surface area contributed by atoms with E-state index in [1.165, 1.54) is 159 Å². The van der Waals surface area contributed by atoms with Crippen molar-refractivity contribution in [1.82, 2.24) is 0 Å². The van der Waals surface area contributed by atoms with E-state index < -0.39 is 0 Å². The third-order valence-electron chi connectivity index (χ3n) is 16.5. The summed E-state index contributed by atoms with van der Waals surface area (Å²) < 4.78 is 5.40. The van der Waals surface area contributed by atoms with E-state index in [0.717, 1.165) is 0 Å². The van der Waals surface area contributed by atoms with Gasteiger partial charge in [0.25, 0.3) is 0 Å². The van der Waals surface area contributed by atoms with Crippen molar-refractivity contribution in [3.05, 3.63) is 249 Å². The van der Waals surface area contributed by atoms with Gasteiger partial charge >= 0.3 is 0 Å². The van der Waals surface area contributed by atoms with Crippen LogP contribution >= 0.6 is 68.0 Å². The molecule has 6 aromatic heterocycles. The van der Waals surface area contributed by atoms with Crippen molar-refractivity contribution in [2.45, 2.75) is 10.8 Å². The Morgan fingerprint density at radius 3 is 0.917 bits per heavy atom. The molecule has 334 valence electrons. The summed E-state index contributed by atoms with van der Waals surface area (Å²) in [6.07, 6.45) is 0. The van der Waals surface area contributed by atoms with E-state index in [0.29, 0.717) is 0 Å². The molecule has 0 radical (unpaired) electrons. The molecule has 0 N–H and O–H groups in total. The molecule has 6 heterocycles. The minimum Gasteiger partial charge on any atom is -0.144 e. The Kier molecular flexibility index (Phi) is 7.66. The topological polar surface area (TPSA) is 0 Å². The number of thiophene rings is 6. The molecule has 0 nitrogen and oxygen atoms in total. The lowest BCUT2D eigenvalue weighted by Gasteiger charge is -2.30. The largest absolute Gasteiger partial charge is 0.144 e. The van der Waals surface area contributed by atoms with Crippen molar-refractivity contribution in [3.8, 4) is 73.8 Å². The second kappa shape index (κ2) is 13.9. The molecule has 6 heteroatoms. The molecule has 4 aliphatic carbocycles. The van der Waals surface area contributed by atoms with Crippen molar-refractivity contribution in [1.29, 1.82) is 0 Å². The highest BCUT2D eigenvalue weighted by Gasteiger charge is 2.53. The molecule has 0 amide bonds. The summed E-state index contributed by atoms with van der Waals surface area (Å²) >= 11 is 11.4. The quantitative estimate of drug-likeness (QED) is 0.165. The van der Waals surface area contributed by atoms with Gasteiger partial charge < -0.3 is 0 Å². The minimum atomic E-state index is -0.352. The molecular formula is C66H34S6. The molecule has 0 aliphatic heterocycles. The highest BCUT2D eigenvalue weighted by molar-refractivity contribution is 7.30. The molecule has 0 saturated heterocycles. The molecule has 0 saturated carbocycles. The zero-order chi connectivity index (χ0) is 46.6. The standard InChI is InChI=1S/C66H34S6/c1-5-13-47-39(9-1)43-25-35-21-23-67-59(35)31-51(43)65(47)49-15-7-3-11-41(49)45-27-37-29-63(71-61(37)33-53(45)65)57-19-17-55(69-57)56-18-20-58(70-56)64-30-38-28-46-42-12-4-8-16-50(42)66(54(46)34-62(38)72-64)48-14-6-2-10-40(48)44-26-36-22-24-68-60(36)32-52(44)66/h1-34H. The van der Waals surface area contributed by atoms with Crippen LogP contribution in [0.4, 0.5) is 0 Å². The van der Waals surface area contributed by atoms with Crippen LogP contribution < -0.4 is 0 Å². The lowest BCUT2D eigenvalue weighted by Crippen LogP contribution is -2.25. The Morgan fingerprint density at radius 1 is 0.222 bits per heavy atom. The molecular weight excluding hydrogens is 985 g/mol. The van der Waals surface area contributed by atoms with Gasteiger partial charge in [0, 0.05) is 48.1 Å². The van der Waals surface area contributed by atoms with Crippen LogP contribution in [0.3, 0.4) is 0 Å². The number of hydrogen-bond donors (Lipinski definition) is 0. The van der Waals surface area contributed by atoms with Gasteiger partial charge in [0.15, 0.2) is 0 Å². The van der Waals surface area contributed by atoms with Crippen LogP contribution in [0.15, 0.2) is 205 Å². The van der Waals surface area contributed by atoms with E-state index in [1.807, 2.05) is 68.0 Å². The Bertz CT molecular complexity index is 4430. The van der Waals surface area contributed by atoms with E-state index in [1.54, 1.807) is 0 Å². The summed E-state index contributed by atoms with van der Waals surface area (Å²) in [4.78, 5) is 7.97. The van der Waals surface area contributed by atoms with Crippen LogP contribution in [0.1, 0.15) is 44.5 Å². The van der Waals surface area contributed by atoms with Gasteiger partial charge in [-0.2, -0.15) is 0 Å². The molecule has 8 aromatic carbocycles. The fourth-order valence-corrected chi connectivity index (χ4v) is 19.7. The Labute approximate surface area is 438 Å². The first-order valence-electron chi connectivity index (χ1n) is 24.4. The lowest BCUT2D eigenvalue weighted by atomic mass is 9.70. The van der Waals surface area contributed by atoms with Gasteiger partial charge in [-0.15, -0.1) is 68.0 Å². The number of fused-ring (bicyclic) bond motifs is 24. The third kappa shape index (κ3) is 4.87. The van der Waals surface area contributed by atoms with Crippen LogP contribution in [0.25, 0.3) is 114 Å². The maximum atomic E-state index is 2.55. The maximum absolute atomic E-state index is 2.55. The maximum Gasteiger partial charge on any atom is 0.0726 e. The van der Waals surface area contributed by atoms with Crippen molar-refractivity contribution in [3.63, 3.8) is 0 Å². The van der Waals surface area contributed by atoms with Crippen LogP contribution in [-0.2, 0) is 10.8 Å². The van der Waals surface area contributed by atoms with Crippen LogP contribution in [-0.4, -0.2) is 0 Å². The Morgan fingerprint density at radius 2 is 0.542 bits per heavy atom. The minimum absolute atomic E-state index is 0.352. The summed E-state index contributed by atoms with van der Waals surface area (Å²) in [6.45, 7) is 0. The highest BCUT2D eigenvalue weighted by atomic mass is 32.1. The van der Waals surface area contributed by atoms with E-state index in [4.69, 9.17) is 0 Å². The molecule has 2 spiro atoms. The fraction of sp³-hybridized carbons (Fsp3) is 0.0303. The zero-order valence-corrected chi connectivity index (χ0v) is 43.0.